The van der Waals surface area contributed by atoms with Crippen LogP contribution in [0.3, 0.4) is 0 Å². The van der Waals surface area contributed by atoms with E-state index in [1.54, 1.807) is 23.6 Å². The van der Waals surface area contributed by atoms with Crippen molar-refractivity contribution in [1.29, 1.82) is 0 Å². The Kier molecular flexibility index (Phi) is 4.18. The van der Waals surface area contributed by atoms with Crippen molar-refractivity contribution in [3.05, 3.63) is 56.6 Å². The minimum atomic E-state index is -1.90. The second kappa shape index (κ2) is 6.60. The number of carbonyl (C=O) groups excluding carboxylic acids is 1. The molecule has 0 amide bonds. The van der Waals surface area contributed by atoms with E-state index in [1.807, 2.05) is 0 Å². The Balaban J connectivity index is 1.84. The quantitative estimate of drug-likeness (QED) is 0.333. The van der Waals surface area contributed by atoms with Crippen molar-refractivity contribution >= 4 is 22.6 Å². The molecule has 4 heterocycles. The van der Waals surface area contributed by atoms with Gasteiger partial charge in [-0.3, -0.25) is 4.79 Å². The molecule has 5 N–H and O–H groups in total. The number of nitrogens with two attached hydrogens (primary N) is 2. The van der Waals surface area contributed by atoms with Crippen LogP contribution >= 0.6 is 0 Å². The highest BCUT2D eigenvalue weighted by Crippen LogP contribution is 2.40. The van der Waals surface area contributed by atoms with Crippen LogP contribution in [0.1, 0.15) is 35.6 Å². The van der Waals surface area contributed by atoms with E-state index in [0.717, 1.165) is 11.1 Å². The zero-order chi connectivity index (χ0) is 22.1. The van der Waals surface area contributed by atoms with Gasteiger partial charge in [0.1, 0.15) is 12.4 Å². The number of cyclic esters (lactones) is 1. The molecule has 2 aromatic heterocycles. The van der Waals surface area contributed by atoms with Gasteiger partial charge in [-0.05, 0) is 37.1 Å². The topological polar surface area (TPSA) is 133 Å². The summed E-state index contributed by atoms with van der Waals surface area (Å²) in [5, 5.41) is 11.7. The fourth-order valence-electron chi connectivity index (χ4n) is 4.63. The summed E-state index contributed by atoms with van der Waals surface area (Å²) >= 11 is 0. The number of nitrogen functional groups attached to an aromatic ring is 1. The number of anilines is 1. The minimum absolute atomic E-state index is 0.0133. The Bertz CT molecular complexity index is 1350. The molecule has 31 heavy (non-hydrogen) atoms. The summed E-state index contributed by atoms with van der Waals surface area (Å²) in [4.78, 5) is 30.2. The molecule has 2 aliphatic rings. The van der Waals surface area contributed by atoms with Crippen LogP contribution in [-0.4, -0.2) is 27.2 Å². The standard InChI is InChI=1S/C22H21FN4O4/c1-2-22(30)14-6-18-19-12(8-27(18)20(28)13(14)9-31-21(22)29)10(3-4-24)11-5-16(25)15(23)7-17(11)26-19/h5-7,30H,2-4,8-9,24-25H2,1H3/t22-/m0/s1. The minimum Gasteiger partial charge on any atom is -0.458 e. The molecule has 5 rings (SSSR count). The lowest BCUT2D eigenvalue weighted by Gasteiger charge is -2.31. The highest BCUT2D eigenvalue weighted by molar-refractivity contribution is 5.91. The summed E-state index contributed by atoms with van der Waals surface area (Å²) in [5.41, 5.74) is 12.9. The molecular formula is C22H21FN4O4. The molecule has 0 radical (unpaired) electrons. The number of pyridine rings is 2. The highest BCUT2D eigenvalue weighted by atomic mass is 19.1. The van der Waals surface area contributed by atoms with E-state index in [1.165, 1.54) is 6.07 Å². The maximum absolute atomic E-state index is 14.2. The van der Waals surface area contributed by atoms with Gasteiger partial charge < -0.3 is 25.9 Å². The van der Waals surface area contributed by atoms with Crippen molar-refractivity contribution in [1.82, 2.24) is 9.55 Å². The Morgan fingerprint density at radius 3 is 2.77 bits per heavy atom. The van der Waals surface area contributed by atoms with Crippen LogP contribution in [0.15, 0.2) is 23.0 Å². The van der Waals surface area contributed by atoms with Gasteiger partial charge in [-0.2, -0.15) is 0 Å². The molecule has 1 atom stereocenters. The molecule has 160 valence electrons. The van der Waals surface area contributed by atoms with E-state index in [4.69, 9.17) is 16.2 Å². The Labute approximate surface area is 176 Å². The molecule has 0 fully saturated rings. The number of fused-ring (bicyclic) bond motifs is 5. The predicted molar refractivity (Wildman–Crippen MR) is 112 cm³/mol. The first kappa shape index (κ1) is 19.7. The number of aliphatic hydroxyl groups is 1. The van der Waals surface area contributed by atoms with Crippen molar-refractivity contribution in [2.75, 3.05) is 12.3 Å². The van der Waals surface area contributed by atoms with E-state index in [0.29, 0.717) is 35.3 Å². The number of aromatic nitrogens is 2. The fraction of sp³-hybridized carbons (Fsp3) is 0.318. The summed E-state index contributed by atoms with van der Waals surface area (Å²) in [6.45, 7) is 2.06. The third-order valence-electron chi connectivity index (χ3n) is 6.32. The Morgan fingerprint density at radius 2 is 2.06 bits per heavy atom. The zero-order valence-electron chi connectivity index (χ0n) is 16.9. The van der Waals surface area contributed by atoms with Gasteiger partial charge in [0, 0.05) is 22.6 Å². The van der Waals surface area contributed by atoms with Crippen molar-refractivity contribution in [3.8, 4) is 11.4 Å². The highest BCUT2D eigenvalue weighted by Gasteiger charge is 2.45. The van der Waals surface area contributed by atoms with Gasteiger partial charge in [0.25, 0.3) is 5.56 Å². The van der Waals surface area contributed by atoms with Gasteiger partial charge in [-0.25, -0.2) is 14.2 Å². The van der Waals surface area contributed by atoms with Crippen LogP contribution in [0.4, 0.5) is 10.1 Å². The average Bonchev–Trinajstić information content (AvgIpc) is 3.11. The largest absolute Gasteiger partial charge is 0.458 e. The van der Waals surface area contributed by atoms with Crippen LogP contribution < -0.4 is 17.0 Å². The maximum Gasteiger partial charge on any atom is 0.343 e. The predicted octanol–water partition coefficient (Wildman–Crippen LogP) is 1.30. The van der Waals surface area contributed by atoms with Gasteiger partial charge in [-0.15, -0.1) is 0 Å². The van der Waals surface area contributed by atoms with Gasteiger partial charge in [0.05, 0.1) is 34.7 Å². The molecule has 0 unspecified atom stereocenters. The molecule has 0 bridgehead atoms. The smallest absolute Gasteiger partial charge is 0.343 e. The number of hydrogen-bond acceptors (Lipinski definition) is 7. The van der Waals surface area contributed by atoms with E-state index < -0.39 is 17.4 Å². The molecule has 0 spiro atoms. The van der Waals surface area contributed by atoms with Crippen molar-refractivity contribution in [3.63, 3.8) is 0 Å². The molecule has 8 nitrogen and oxygen atoms in total. The lowest BCUT2D eigenvalue weighted by molar-refractivity contribution is -0.172. The first-order valence-corrected chi connectivity index (χ1v) is 10.1. The number of hydrogen-bond donors (Lipinski definition) is 3. The number of nitrogens with zero attached hydrogens (tertiary/aromatic N) is 2. The number of benzene rings is 1. The zero-order valence-corrected chi connectivity index (χ0v) is 16.9. The van der Waals surface area contributed by atoms with E-state index in [2.05, 4.69) is 4.98 Å². The van der Waals surface area contributed by atoms with Crippen LogP contribution in [-0.2, 0) is 34.7 Å². The summed E-state index contributed by atoms with van der Waals surface area (Å²) in [7, 11) is 0. The van der Waals surface area contributed by atoms with E-state index >= 15 is 0 Å². The van der Waals surface area contributed by atoms with Crippen molar-refractivity contribution < 1.29 is 19.0 Å². The number of rotatable bonds is 3. The Morgan fingerprint density at radius 1 is 1.29 bits per heavy atom. The van der Waals surface area contributed by atoms with E-state index in [-0.39, 0.29) is 41.9 Å². The number of ether oxygens (including phenoxy) is 1. The van der Waals surface area contributed by atoms with Crippen molar-refractivity contribution in [2.24, 2.45) is 5.73 Å². The van der Waals surface area contributed by atoms with Crippen molar-refractivity contribution in [2.45, 2.75) is 38.5 Å². The van der Waals surface area contributed by atoms with Crippen LogP contribution in [0.2, 0.25) is 0 Å². The summed E-state index contributed by atoms with van der Waals surface area (Å²) in [6, 6.07) is 4.44. The van der Waals surface area contributed by atoms with Gasteiger partial charge >= 0.3 is 5.97 Å². The van der Waals surface area contributed by atoms with Gasteiger partial charge in [0.15, 0.2) is 5.60 Å². The second-order valence-corrected chi connectivity index (χ2v) is 7.95. The summed E-state index contributed by atoms with van der Waals surface area (Å²) < 4.78 is 20.8. The fourth-order valence-corrected chi connectivity index (χ4v) is 4.63. The number of carbonyl (C=O) groups is 1. The third kappa shape index (κ3) is 2.56. The van der Waals surface area contributed by atoms with Gasteiger partial charge in [-0.1, -0.05) is 6.92 Å². The first-order chi connectivity index (χ1) is 14.8. The maximum atomic E-state index is 14.2. The van der Waals surface area contributed by atoms with Gasteiger partial charge in [0.2, 0.25) is 0 Å². The average molecular weight is 424 g/mol. The monoisotopic (exact) mass is 424 g/mol. The second-order valence-electron chi connectivity index (χ2n) is 7.95. The van der Waals surface area contributed by atoms with Crippen LogP contribution in [0.25, 0.3) is 22.3 Å². The SMILES string of the molecule is CC[C@@]1(O)C(=O)OCc2c1cc1n(c2=O)Cc2c-1nc1cc(F)c(N)cc1c2CCN. The molecule has 3 aromatic rings. The first-order valence-electron chi connectivity index (χ1n) is 10.1. The van der Waals surface area contributed by atoms with Crippen LogP contribution in [0.5, 0.6) is 0 Å². The summed E-state index contributed by atoms with van der Waals surface area (Å²) in [6.07, 6.45) is 0.554. The van der Waals surface area contributed by atoms with E-state index in [9.17, 15) is 19.1 Å². The lowest BCUT2D eigenvalue weighted by atomic mass is 9.86. The molecular weight excluding hydrogens is 403 g/mol. The summed E-state index contributed by atoms with van der Waals surface area (Å²) in [5.74, 6) is -1.36. The third-order valence-corrected chi connectivity index (χ3v) is 6.32. The van der Waals surface area contributed by atoms with Crippen LogP contribution in [0, 0.1) is 5.82 Å². The lowest BCUT2D eigenvalue weighted by Crippen LogP contribution is -2.44. The number of esters is 1. The molecule has 0 saturated heterocycles. The molecule has 0 aliphatic carbocycles. The Hall–Kier alpha value is -3.30. The molecule has 9 heteroatoms. The molecule has 0 saturated carbocycles. The number of halogens is 1. The normalized spacial score (nSPS) is 19.2. The molecule has 1 aromatic carbocycles. The molecule has 2 aliphatic heterocycles.